The molecule has 1 aromatic heterocycles. The molecule has 5 heteroatoms. The second-order valence-electron chi connectivity index (χ2n) is 6.30. The van der Waals surface area contributed by atoms with Crippen LogP contribution in [0, 0.1) is 5.92 Å². The van der Waals surface area contributed by atoms with E-state index in [0.29, 0.717) is 19.0 Å². The van der Waals surface area contributed by atoms with Crippen molar-refractivity contribution in [2.45, 2.75) is 52.0 Å². The fraction of sp³-hybridized carbons (Fsp3) is 0.750. The summed E-state index contributed by atoms with van der Waals surface area (Å²) in [4.78, 5) is 14.7. The summed E-state index contributed by atoms with van der Waals surface area (Å²) in [6.45, 7) is 6.38. The van der Waals surface area contributed by atoms with Gasteiger partial charge in [0.05, 0.1) is 12.1 Å². The van der Waals surface area contributed by atoms with Gasteiger partial charge in [-0.1, -0.05) is 12.8 Å². The van der Waals surface area contributed by atoms with Gasteiger partial charge in [-0.15, -0.1) is 0 Å². The van der Waals surface area contributed by atoms with Crippen molar-refractivity contribution < 1.29 is 4.79 Å². The first-order chi connectivity index (χ1) is 10.1. The number of amides is 1. The highest BCUT2D eigenvalue weighted by Gasteiger charge is 2.24. The molecule has 1 saturated heterocycles. The Bertz CT molecular complexity index is 447. The van der Waals surface area contributed by atoms with E-state index >= 15 is 0 Å². The molecule has 2 N–H and O–H groups in total. The smallest absolute Gasteiger partial charge is 0.227 e. The van der Waals surface area contributed by atoms with Gasteiger partial charge in [0.15, 0.2) is 0 Å². The van der Waals surface area contributed by atoms with Crippen molar-refractivity contribution in [3.8, 4) is 0 Å². The second-order valence-corrected chi connectivity index (χ2v) is 6.30. The number of carbonyl (C=O) groups excluding carboxylic acids is 1. The molecule has 1 aliphatic heterocycles. The molecule has 1 unspecified atom stereocenters. The topological polar surface area (TPSA) is 64.2 Å². The molecular formula is C16H28N4O. The van der Waals surface area contributed by atoms with Gasteiger partial charge >= 0.3 is 0 Å². The quantitative estimate of drug-likeness (QED) is 0.902. The molecular weight excluding hydrogens is 264 g/mol. The number of hydrogen-bond donors (Lipinski definition) is 1. The number of hydrogen-bond acceptors (Lipinski definition) is 3. The summed E-state index contributed by atoms with van der Waals surface area (Å²) in [6.07, 6.45) is 9.29. The molecule has 118 valence electrons. The molecule has 0 radical (unpaired) electrons. The predicted molar refractivity (Wildman–Crippen MR) is 83.9 cm³/mol. The highest BCUT2D eigenvalue weighted by molar-refractivity contribution is 5.79. The number of aromatic nitrogens is 2. The van der Waals surface area contributed by atoms with Crippen molar-refractivity contribution >= 4 is 5.91 Å². The number of likely N-dealkylation sites (tertiary alicyclic amines) is 1. The summed E-state index contributed by atoms with van der Waals surface area (Å²) in [5.41, 5.74) is 6.96. The van der Waals surface area contributed by atoms with E-state index in [-0.39, 0.29) is 11.8 Å². The second kappa shape index (κ2) is 7.59. The molecule has 1 aromatic rings. The summed E-state index contributed by atoms with van der Waals surface area (Å²) < 4.78 is 1.93. The van der Waals surface area contributed by atoms with E-state index in [0.717, 1.165) is 31.5 Å². The van der Waals surface area contributed by atoms with Gasteiger partial charge in [-0.2, -0.15) is 5.10 Å². The lowest BCUT2D eigenvalue weighted by atomic mass is 10.00. The molecule has 0 saturated carbocycles. The Hall–Kier alpha value is -1.36. The molecule has 1 aliphatic rings. The molecule has 1 atom stereocenters. The van der Waals surface area contributed by atoms with Gasteiger partial charge in [-0.25, -0.2) is 0 Å². The maximum Gasteiger partial charge on any atom is 0.227 e. The zero-order valence-electron chi connectivity index (χ0n) is 13.3. The van der Waals surface area contributed by atoms with Gasteiger partial charge in [0, 0.05) is 31.9 Å². The van der Waals surface area contributed by atoms with Crippen LogP contribution in [0.2, 0.25) is 0 Å². The third-order valence-corrected chi connectivity index (χ3v) is 4.22. The maximum absolute atomic E-state index is 12.6. The van der Waals surface area contributed by atoms with Crippen molar-refractivity contribution in [2.24, 2.45) is 11.7 Å². The van der Waals surface area contributed by atoms with Crippen molar-refractivity contribution in [1.29, 1.82) is 0 Å². The summed E-state index contributed by atoms with van der Waals surface area (Å²) >= 11 is 0. The fourth-order valence-electron chi connectivity index (χ4n) is 2.87. The van der Waals surface area contributed by atoms with E-state index in [2.05, 4.69) is 18.9 Å². The van der Waals surface area contributed by atoms with Crippen LogP contribution in [-0.2, 0) is 11.2 Å². The number of nitrogens with two attached hydrogens (primary N) is 1. The molecule has 0 bridgehead atoms. The number of nitrogens with zero attached hydrogens (tertiary/aromatic N) is 3. The Morgan fingerprint density at radius 3 is 2.48 bits per heavy atom. The molecule has 0 spiro atoms. The van der Waals surface area contributed by atoms with E-state index in [1.165, 1.54) is 12.8 Å². The van der Waals surface area contributed by atoms with Crippen molar-refractivity contribution in [3.63, 3.8) is 0 Å². The number of rotatable bonds is 5. The molecule has 1 fully saturated rings. The fourth-order valence-corrected chi connectivity index (χ4v) is 2.87. The van der Waals surface area contributed by atoms with Crippen LogP contribution in [-0.4, -0.2) is 40.2 Å². The lowest BCUT2D eigenvalue weighted by molar-refractivity contribution is -0.135. The van der Waals surface area contributed by atoms with Crippen molar-refractivity contribution in [1.82, 2.24) is 14.7 Å². The van der Waals surface area contributed by atoms with Crippen molar-refractivity contribution in [3.05, 3.63) is 18.0 Å². The molecule has 0 aliphatic carbocycles. The lowest BCUT2D eigenvalue weighted by Crippen LogP contribution is -2.40. The van der Waals surface area contributed by atoms with Gasteiger partial charge in [0.2, 0.25) is 5.91 Å². The third kappa shape index (κ3) is 4.30. The van der Waals surface area contributed by atoms with Gasteiger partial charge in [0.1, 0.15) is 0 Å². The minimum absolute atomic E-state index is 0.118. The minimum Gasteiger partial charge on any atom is -0.342 e. The van der Waals surface area contributed by atoms with Crippen LogP contribution in [0.25, 0.3) is 0 Å². The Balaban J connectivity index is 1.98. The molecule has 5 nitrogen and oxygen atoms in total. The van der Waals surface area contributed by atoms with Gasteiger partial charge < -0.3 is 10.6 Å². The number of carbonyl (C=O) groups is 1. The summed E-state index contributed by atoms with van der Waals surface area (Å²) in [7, 11) is 0. The van der Waals surface area contributed by atoms with E-state index < -0.39 is 0 Å². The summed E-state index contributed by atoms with van der Waals surface area (Å²) in [6, 6.07) is 0.344. The Kier molecular flexibility index (Phi) is 5.79. The maximum atomic E-state index is 12.6. The Labute approximate surface area is 127 Å². The van der Waals surface area contributed by atoms with Crippen molar-refractivity contribution in [2.75, 3.05) is 19.6 Å². The average molecular weight is 292 g/mol. The highest BCUT2D eigenvalue weighted by Crippen LogP contribution is 2.16. The lowest BCUT2D eigenvalue weighted by Gasteiger charge is -2.25. The van der Waals surface area contributed by atoms with Gasteiger partial charge in [-0.05, 0) is 38.7 Å². The minimum atomic E-state index is -0.118. The van der Waals surface area contributed by atoms with E-state index in [1.807, 2.05) is 22.0 Å². The summed E-state index contributed by atoms with van der Waals surface area (Å²) in [5, 5.41) is 4.34. The third-order valence-electron chi connectivity index (χ3n) is 4.22. The highest BCUT2D eigenvalue weighted by atomic mass is 16.2. The van der Waals surface area contributed by atoms with Crippen LogP contribution in [0.15, 0.2) is 12.4 Å². The van der Waals surface area contributed by atoms with Crippen LogP contribution >= 0.6 is 0 Å². The molecule has 0 aromatic carbocycles. The Morgan fingerprint density at radius 1 is 1.29 bits per heavy atom. The molecule has 2 heterocycles. The van der Waals surface area contributed by atoms with Gasteiger partial charge in [0.25, 0.3) is 0 Å². The van der Waals surface area contributed by atoms with Crippen LogP contribution in [0.5, 0.6) is 0 Å². The first-order valence-electron chi connectivity index (χ1n) is 8.13. The summed E-state index contributed by atoms with van der Waals surface area (Å²) in [5.74, 6) is 0.101. The van der Waals surface area contributed by atoms with E-state index in [9.17, 15) is 4.79 Å². The monoisotopic (exact) mass is 292 g/mol. The first kappa shape index (κ1) is 16.0. The normalized spacial score (nSPS) is 17.8. The SMILES string of the molecule is CC(C)n1cc(CC(CN)C(=O)N2CCCCCC2)cn1. The first-order valence-corrected chi connectivity index (χ1v) is 8.13. The Morgan fingerprint density at radius 2 is 1.95 bits per heavy atom. The van der Waals surface area contributed by atoms with Crippen LogP contribution in [0.1, 0.15) is 51.1 Å². The van der Waals surface area contributed by atoms with Crippen LogP contribution in [0.4, 0.5) is 0 Å². The molecule has 21 heavy (non-hydrogen) atoms. The predicted octanol–water partition coefficient (Wildman–Crippen LogP) is 1.98. The zero-order chi connectivity index (χ0) is 15.2. The van der Waals surface area contributed by atoms with E-state index in [1.54, 1.807) is 0 Å². The van der Waals surface area contributed by atoms with E-state index in [4.69, 9.17) is 5.73 Å². The standard InChI is InChI=1S/C16H28N4O/c1-13(2)20-12-14(11-18-20)9-15(10-17)16(21)19-7-5-3-4-6-8-19/h11-13,15H,3-10,17H2,1-2H3. The van der Waals surface area contributed by atoms with Crippen LogP contribution in [0.3, 0.4) is 0 Å². The largest absolute Gasteiger partial charge is 0.342 e. The average Bonchev–Trinajstić information content (AvgIpc) is 2.77. The van der Waals surface area contributed by atoms with Crippen LogP contribution < -0.4 is 5.73 Å². The van der Waals surface area contributed by atoms with Gasteiger partial charge in [-0.3, -0.25) is 9.48 Å². The molecule has 2 rings (SSSR count). The zero-order valence-corrected chi connectivity index (χ0v) is 13.3. The molecule has 1 amide bonds.